The number of rotatable bonds is 4. The van der Waals surface area contributed by atoms with Crippen LogP contribution in [-0.2, 0) is 10.3 Å². The maximum atomic E-state index is 6.39. The van der Waals surface area contributed by atoms with Crippen molar-refractivity contribution in [3.05, 3.63) is 60.2 Å². The molecule has 2 bridgehead atoms. The average molecular weight is 308 g/mol. The summed E-state index contributed by atoms with van der Waals surface area (Å²) in [6.07, 6.45) is 6.08. The van der Waals surface area contributed by atoms with Crippen molar-refractivity contribution in [3.8, 4) is 11.5 Å². The number of hydrogen-bond donors (Lipinski definition) is 0. The molecule has 0 spiro atoms. The van der Waals surface area contributed by atoms with Crippen LogP contribution in [0.1, 0.15) is 44.6 Å². The Bertz CT molecular complexity index is 653. The zero-order chi connectivity index (χ0) is 15.8. The molecule has 5 rings (SSSR count). The smallest absolute Gasteiger partial charge is 0.127 e. The number of hydrogen-bond acceptors (Lipinski definition) is 2. The molecule has 1 aliphatic carbocycles. The van der Waals surface area contributed by atoms with E-state index in [4.69, 9.17) is 9.47 Å². The predicted octanol–water partition coefficient (Wildman–Crippen LogP) is 5.67. The van der Waals surface area contributed by atoms with Gasteiger partial charge in [-0.3, -0.25) is 0 Å². The summed E-state index contributed by atoms with van der Waals surface area (Å²) in [6, 6.07) is 18.4. The highest BCUT2D eigenvalue weighted by Gasteiger charge is 2.49. The van der Waals surface area contributed by atoms with E-state index in [1.807, 2.05) is 36.4 Å². The first-order chi connectivity index (χ1) is 11.2. The van der Waals surface area contributed by atoms with Crippen LogP contribution in [0.3, 0.4) is 0 Å². The molecule has 0 N–H and O–H groups in total. The van der Waals surface area contributed by atoms with Crippen molar-refractivity contribution in [2.24, 2.45) is 5.41 Å². The van der Waals surface area contributed by atoms with E-state index in [2.05, 4.69) is 25.1 Å². The molecule has 2 aromatic carbocycles. The van der Waals surface area contributed by atoms with E-state index in [1.54, 1.807) is 0 Å². The molecule has 2 heterocycles. The van der Waals surface area contributed by atoms with Gasteiger partial charge in [-0.25, -0.2) is 0 Å². The Kier molecular flexibility index (Phi) is 3.65. The Morgan fingerprint density at radius 3 is 2.30 bits per heavy atom. The lowest BCUT2D eigenvalue weighted by Crippen LogP contribution is -2.48. The minimum absolute atomic E-state index is 0.0903. The number of benzene rings is 2. The summed E-state index contributed by atoms with van der Waals surface area (Å²) in [5.41, 5.74) is 1.63. The SMILES string of the molecule is CCC12CCC(c3cccc(Oc4ccccc4)c3)(CC1)OC2. The summed E-state index contributed by atoms with van der Waals surface area (Å²) in [6.45, 7) is 3.21. The summed E-state index contributed by atoms with van der Waals surface area (Å²) in [5.74, 6) is 1.77. The van der Waals surface area contributed by atoms with Gasteiger partial charge in [0.15, 0.2) is 0 Å². The second-order valence-corrected chi connectivity index (χ2v) is 7.08. The molecule has 2 aromatic rings. The normalized spacial score (nSPS) is 29.4. The van der Waals surface area contributed by atoms with Crippen molar-refractivity contribution in [2.75, 3.05) is 6.61 Å². The van der Waals surface area contributed by atoms with Crippen LogP contribution in [0.15, 0.2) is 54.6 Å². The highest BCUT2D eigenvalue weighted by Crippen LogP contribution is 2.55. The van der Waals surface area contributed by atoms with Gasteiger partial charge < -0.3 is 9.47 Å². The lowest BCUT2D eigenvalue weighted by atomic mass is 9.63. The van der Waals surface area contributed by atoms with E-state index in [-0.39, 0.29) is 5.60 Å². The third-order valence-corrected chi connectivity index (χ3v) is 5.86. The standard InChI is InChI=1S/C21H24O2/c1-2-20-11-13-21(14-12-20,22-16-20)17-7-6-10-19(15-17)23-18-8-4-3-5-9-18/h3-10,15H,2,11-14,16H2,1H3. The van der Waals surface area contributed by atoms with Crippen molar-refractivity contribution in [1.29, 1.82) is 0 Å². The monoisotopic (exact) mass is 308 g/mol. The van der Waals surface area contributed by atoms with Crippen molar-refractivity contribution in [3.63, 3.8) is 0 Å². The highest BCUT2D eigenvalue weighted by atomic mass is 16.5. The lowest BCUT2D eigenvalue weighted by Gasteiger charge is -2.53. The zero-order valence-corrected chi connectivity index (χ0v) is 13.8. The topological polar surface area (TPSA) is 18.5 Å². The maximum absolute atomic E-state index is 6.39. The fourth-order valence-corrected chi connectivity index (χ4v) is 4.06. The third-order valence-electron chi connectivity index (χ3n) is 5.86. The zero-order valence-electron chi connectivity index (χ0n) is 13.8. The first-order valence-electron chi connectivity index (χ1n) is 8.71. The average Bonchev–Trinajstić information content (AvgIpc) is 2.64. The number of fused-ring (bicyclic) bond motifs is 3. The van der Waals surface area contributed by atoms with Crippen molar-refractivity contribution in [1.82, 2.24) is 0 Å². The van der Waals surface area contributed by atoms with Gasteiger partial charge in [-0.1, -0.05) is 37.3 Å². The molecular weight excluding hydrogens is 284 g/mol. The molecule has 0 radical (unpaired) electrons. The van der Waals surface area contributed by atoms with Gasteiger partial charge in [-0.05, 0) is 67.3 Å². The van der Waals surface area contributed by atoms with Crippen LogP contribution in [0.2, 0.25) is 0 Å². The summed E-state index contributed by atoms with van der Waals surface area (Å²) < 4.78 is 12.4. The van der Waals surface area contributed by atoms with Gasteiger partial charge in [0.25, 0.3) is 0 Å². The molecule has 2 aliphatic heterocycles. The summed E-state index contributed by atoms with van der Waals surface area (Å²) in [5, 5.41) is 0. The van der Waals surface area contributed by atoms with Crippen LogP contribution < -0.4 is 4.74 Å². The fourth-order valence-electron chi connectivity index (χ4n) is 4.06. The molecule has 2 nitrogen and oxygen atoms in total. The van der Waals surface area contributed by atoms with Crippen LogP contribution in [0.4, 0.5) is 0 Å². The second kappa shape index (κ2) is 5.68. The molecule has 0 aromatic heterocycles. The summed E-state index contributed by atoms with van der Waals surface area (Å²) in [7, 11) is 0. The highest BCUT2D eigenvalue weighted by molar-refractivity contribution is 5.37. The van der Waals surface area contributed by atoms with E-state index in [9.17, 15) is 0 Å². The lowest BCUT2D eigenvalue weighted by molar-refractivity contribution is -0.190. The molecule has 2 saturated heterocycles. The molecule has 23 heavy (non-hydrogen) atoms. The summed E-state index contributed by atoms with van der Waals surface area (Å²) >= 11 is 0. The first-order valence-corrected chi connectivity index (χ1v) is 8.71. The molecular formula is C21H24O2. The molecule has 0 atom stereocenters. The van der Waals surface area contributed by atoms with E-state index in [0.29, 0.717) is 5.41 Å². The Hall–Kier alpha value is -1.80. The predicted molar refractivity (Wildman–Crippen MR) is 91.8 cm³/mol. The van der Waals surface area contributed by atoms with Gasteiger partial charge in [-0.15, -0.1) is 0 Å². The van der Waals surface area contributed by atoms with Gasteiger partial charge in [0.2, 0.25) is 0 Å². The first kappa shape index (κ1) is 14.8. The van der Waals surface area contributed by atoms with Crippen LogP contribution >= 0.6 is 0 Å². The van der Waals surface area contributed by atoms with Crippen LogP contribution in [0.5, 0.6) is 11.5 Å². The Morgan fingerprint density at radius 2 is 1.65 bits per heavy atom. The van der Waals surface area contributed by atoms with E-state index >= 15 is 0 Å². The molecule has 3 fully saturated rings. The Labute approximate surface area is 138 Å². The molecule has 0 unspecified atom stereocenters. The van der Waals surface area contributed by atoms with Gasteiger partial charge in [0.1, 0.15) is 11.5 Å². The molecule has 0 amide bonds. The second-order valence-electron chi connectivity index (χ2n) is 7.08. The van der Waals surface area contributed by atoms with Crippen molar-refractivity contribution >= 4 is 0 Å². The largest absolute Gasteiger partial charge is 0.457 e. The fraction of sp³-hybridized carbons (Fsp3) is 0.429. The van der Waals surface area contributed by atoms with Crippen molar-refractivity contribution < 1.29 is 9.47 Å². The third kappa shape index (κ3) is 2.66. The number of para-hydroxylation sites is 1. The van der Waals surface area contributed by atoms with Crippen LogP contribution in [-0.4, -0.2) is 6.61 Å². The quantitative estimate of drug-likeness (QED) is 0.724. The Balaban J connectivity index is 1.57. The van der Waals surface area contributed by atoms with Crippen LogP contribution in [0, 0.1) is 5.41 Å². The maximum Gasteiger partial charge on any atom is 0.127 e. The minimum Gasteiger partial charge on any atom is -0.457 e. The minimum atomic E-state index is -0.0903. The van der Waals surface area contributed by atoms with E-state index < -0.39 is 0 Å². The Morgan fingerprint density at radius 1 is 0.913 bits per heavy atom. The van der Waals surface area contributed by atoms with E-state index in [0.717, 1.165) is 30.9 Å². The van der Waals surface area contributed by atoms with E-state index in [1.165, 1.54) is 24.8 Å². The van der Waals surface area contributed by atoms with Crippen LogP contribution in [0.25, 0.3) is 0 Å². The summed E-state index contributed by atoms with van der Waals surface area (Å²) in [4.78, 5) is 0. The molecule has 120 valence electrons. The van der Waals surface area contributed by atoms with Gasteiger partial charge in [-0.2, -0.15) is 0 Å². The van der Waals surface area contributed by atoms with Gasteiger partial charge >= 0.3 is 0 Å². The molecule has 2 heteroatoms. The molecule has 3 aliphatic rings. The van der Waals surface area contributed by atoms with Crippen molar-refractivity contribution in [2.45, 2.75) is 44.6 Å². The van der Waals surface area contributed by atoms with Gasteiger partial charge in [0, 0.05) is 0 Å². The molecule has 1 saturated carbocycles. The van der Waals surface area contributed by atoms with Gasteiger partial charge in [0.05, 0.1) is 12.2 Å². The number of ether oxygens (including phenoxy) is 2.